The van der Waals surface area contributed by atoms with Gasteiger partial charge in [0.1, 0.15) is 0 Å². The van der Waals surface area contributed by atoms with E-state index >= 15 is 0 Å². The fourth-order valence-electron chi connectivity index (χ4n) is 3.53. The van der Waals surface area contributed by atoms with Gasteiger partial charge < -0.3 is 14.8 Å². The maximum Gasteiger partial charge on any atom is 0.333 e. The zero-order chi connectivity index (χ0) is 19.8. The van der Waals surface area contributed by atoms with Gasteiger partial charge in [-0.25, -0.2) is 9.78 Å². The van der Waals surface area contributed by atoms with Crippen molar-refractivity contribution in [1.82, 2.24) is 24.2 Å². The van der Waals surface area contributed by atoms with E-state index in [-0.39, 0.29) is 11.6 Å². The van der Waals surface area contributed by atoms with Gasteiger partial charge in [0.25, 0.3) is 0 Å². The van der Waals surface area contributed by atoms with Crippen LogP contribution in [0.3, 0.4) is 0 Å². The molecule has 8 heteroatoms. The average molecular weight is 380 g/mol. The predicted molar refractivity (Wildman–Crippen MR) is 108 cm³/mol. The topological polar surface area (TPSA) is 74.9 Å². The molecule has 0 spiro atoms. The summed E-state index contributed by atoms with van der Waals surface area (Å²) < 4.78 is 3.17. The number of anilines is 1. The Labute approximate surface area is 163 Å². The summed E-state index contributed by atoms with van der Waals surface area (Å²) >= 11 is 0. The number of rotatable bonds is 4. The molecule has 146 valence electrons. The summed E-state index contributed by atoms with van der Waals surface area (Å²) in [4.78, 5) is 33.1. The number of aromatic nitrogens is 3. The molecule has 0 unspecified atom stereocenters. The number of amides is 1. The summed E-state index contributed by atoms with van der Waals surface area (Å²) in [5, 5.41) is 2.82. The van der Waals surface area contributed by atoms with E-state index in [9.17, 15) is 9.59 Å². The molecule has 4 rings (SSSR count). The van der Waals surface area contributed by atoms with E-state index < -0.39 is 0 Å². The second-order valence-electron chi connectivity index (χ2n) is 7.37. The zero-order valence-corrected chi connectivity index (χ0v) is 16.3. The van der Waals surface area contributed by atoms with E-state index in [1.54, 1.807) is 22.2 Å². The van der Waals surface area contributed by atoms with Crippen LogP contribution in [0.5, 0.6) is 0 Å². The maximum atomic E-state index is 12.6. The number of hydrogen-bond acceptors (Lipinski definition) is 5. The van der Waals surface area contributed by atoms with Crippen LogP contribution in [0.2, 0.25) is 0 Å². The van der Waals surface area contributed by atoms with Gasteiger partial charge in [0.2, 0.25) is 5.91 Å². The van der Waals surface area contributed by atoms with E-state index in [0.717, 1.165) is 29.1 Å². The molecular formula is C20H24N6O2. The van der Waals surface area contributed by atoms with Gasteiger partial charge in [-0.05, 0) is 17.7 Å². The lowest BCUT2D eigenvalue weighted by Crippen LogP contribution is -2.47. The third-order valence-corrected chi connectivity index (χ3v) is 5.00. The number of benzene rings is 1. The lowest BCUT2D eigenvalue weighted by Gasteiger charge is -2.25. The van der Waals surface area contributed by atoms with Crippen molar-refractivity contribution in [3.63, 3.8) is 0 Å². The Hall–Kier alpha value is -3.13. The van der Waals surface area contributed by atoms with Crippen LogP contribution in [0.1, 0.15) is 5.69 Å². The molecule has 28 heavy (non-hydrogen) atoms. The first-order valence-corrected chi connectivity index (χ1v) is 9.27. The Balaban J connectivity index is 1.78. The van der Waals surface area contributed by atoms with E-state index in [4.69, 9.17) is 4.98 Å². The van der Waals surface area contributed by atoms with Crippen LogP contribution < -0.4 is 15.9 Å². The summed E-state index contributed by atoms with van der Waals surface area (Å²) in [5.41, 5.74) is 4.25. The van der Waals surface area contributed by atoms with Crippen LogP contribution in [0.25, 0.3) is 16.8 Å². The summed E-state index contributed by atoms with van der Waals surface area (Å²) in [6.07, 6.45) is 3.61. The Morgan fingerprint density at radius 1 is 1.21 bits per heavy atom. The number of fused-ring (bicyclic) bond motifs is 1. The lowest BCUT2D eigenvalue weighted by molar-refractivity contribution is -0.124. The molecule has 1 N–H and O–H groups in total. The highest BCUT2D eigenvalue weighted by Gasteiger charge is 2.19. The molecule has 1 aliphatic heterocycles. The highest BCUT2D eigenvalue weighted by molar-refractivity contribution is 5.79. The van der Waals surface area contributed by atoms with Crippen molar-refractivity contribution in [2.45, 2.75) is 6.54 Å². The Morgan fingerprint density at radius 2 is 2.04 bits per heavy atom. The van der Waals surface area contributed by atoms with E-state index in [2.05, 4.69) is 11.4 Å². The Bertz CT molecular complexity index is 1100. The van der Waals surface area contributed by atoms with Crippen molar-refractivity contribution in [3.8, 4) is 11.1 Å². The third kappa shape index (κ3) is 3.38. The molecule has 1 aliphatic rings. The minimum atomic E-state index is -0.141. The number of carbonyl (C=O) groups excluding carboxylic acids is 1. The molecule has 3 heterocycles. The fourth-order valence-corrected chi connectivity index (χ4v) is 3.53. The zero-order valence-electron chi connectivity index (χ0n) is 16.3. The minimum absolute atomic E-state index is 0.0205. The molecule has 0 radical (unpaired) electrons. The first-order chi connectivity index (χ1) is 13.4. The van der Waals surface area contributed by atoms with Crippen molar-refractivity contribution in [2.75, 3.05) is 38.6 Å². The molecule has 1 fully saturated rings. The molecule has 0 saturated carbocycles. The van der Waals surface area contributed by atoms with Gasteiger partial charge in [-0.3, -0.25) is 14.1 Å². The van der Waals surface area contributed by atoms with Crippen LogP contribution in [-0.4, -0.2) is 58.5 Å². The molecule has 1 amide bonds. The van der Waals surface area contributed by atoms with E-state index in [0.29, 0.717) is 25.3 Å². The van der Waals surface area contributed by atoms with Crippen LogP contribution >= 0.6 is 0 Å². The van der Waals surface area contributed by atoms with Crippen molar-refractivity contribution in [3.05, 3.63) is 52.8 Å². The number of aryl methyl sites for hydroxylation is 1. The van der Waals surface area contributed by atoms with Crippen LogP contribution in [-0.2, 0) is 18.4 Å². The smallest absolute Gasteiger partial charge is 0.333 e. The highest BCUT2D eigenvalue weighted by Crippen LogP contribution is 2.26. The number of hydrogen-bond donors (Lipinski definition) is 1. The number of nitrogens with one attached hydrogen (secondary N) is 1. The Kier molecular flexibility index (Phi) is 4.64. The summed E-state index contributed by atoms with van der Waals surface area (Å²) in [6, 6.07) is 8.16. The van der Waals surface area contributed by atoms with E-state index in [1.165, 1.54) is 0 Å². The van der Waals surface area contributed by atoms with Crippen molar-refractivity contribution < 1.29 is 4.79 Å². The molecule has 1 aromatic carbocycles. The van der Waals surface area contributed by atoms with Gasteiger partial charge in [-0.2, -0.15) is 0 Å². The molecule has 0 atom stereocenters. The molecule has 0 aliphatic carbocycles. The summed E-state index contributed by atoms with van der Waals surface area (Å²) in [5.74, 6) is 0.0205. The average Bonchev–Trinajstić information content (AvgIpc) is 3.08. The Morgan fingerprint density at radius 3 is 2.79 bits per heavy atom. The lowest BCUT2D eigenvalue weighted by atomic mass is 10.1. The molecule has 8 nitrogen and oxygen atoms in total. The SMILES string of the molecule is CN(C)c1cccc(-c2cn(C)c(=O)n3cc(CN4CCNC(=O)C4)nc23)c1. The van der Waals surface area contributed by atoms with Crippen LogP contribution in [0.15, 0.2) is 41.5 Å². The molecule has 3 aromatic rings. The quantitative estimate of drug-likeness (QED) is 0.721. The maximum absolute atomic E-state index is 12.6. The summed E-state index contributed by atoms with van der Waals surface area (Å²) in [7, 11) is 5.74. The van der Waals surface area contributed by atoms with Gasteiger partial charge >= 0.3 is 5.69 Å². The van der Waals surface area contributed by atoms with E-state index in [1.807, 2.05) is 48.3 Å². The van der Waals surface area contributed by atoms with Crippen LogP contribution in [0, 0.1) is 0 Å². The molecular weight excluding hydrogens is 356 g/mol. The number of piperazine rings is 1. The first-order valence-electron chi connectivity index (χ1n) is 9.27. The molecule has 0 bridgehead atoms. The summed E-state index contributed by atoms with van der Waals surface area (Å²) in [6.45, 7) is 2.30. The monoisotopic (exact) mass is 380 g/mol. The number of nitrogens with zero attached hydrogens (tertiary/aromatic N) is 5. The van der Waals surface area contributed by atoms with Gasteiger partial charge in [-0.15, -0.1) is 0 Å². The van der Waals surface area contributed by atoms with Gasteiger partial charge in [-0.1, -0.05) is 12.1 Å². The van der Waals surface area contributed by atoms with Crippen molar-refractivity contribution in [1.29, 1.82) is 0 Å². The van der Waals surface area contributed by atoms with Crippen molar-refractivity contribution in [2.24, 2.45) is 7.05 Å². The standard InChI is InChI=1S/C20H24N6O2/c1-23(2)16-6-4-5-14(9-16)17-12-24(3)20(28)26-11-15(22-19(17)26)10-25-8-7-21-18(27)13-25/h4-6,9,11-12H,7-8,10,13H2,1-3H3,(H,21,27). The molecule has 1 saturated heterocycles. The third-order valence-electron chi connectivity index (χ3n) is 5.00. The largest absolute Gasteiger partial charge is 0.378 e. The highest BCUT2D eigenvalue weighted by atomic mass is 16.2. The number of carbonyl (C=O) groups is 1. The first kappa shape index (κ1) is 18.2. The predicted octanol–water partition coefficient (Wildman–Crippen LogP) is 0.698. The second kappa shape index (κ2) is 7.12. The fraction of sp³-hybridized carbons (Fsp3) is 0.350. The molecule has 2 aromatic heterocycles. The normalized spacial score (nSPS) is 15.0. The van der Waals surface area contributed by atoms with Crippen LogP contribution in [0.4, 0.5) is 5.69 Å². The number of imidazole rings is 1. The minimum Gasteiger partial charge on any atom is -0.378 e. The second-order valence-corrected chi connectivity index (χ2v) is 7.37. The van der Waals surface area contributed by atoms with Gasteiger partial charge in [0.05, 0.1) is 12.2 Å². The van der Waals surface area contributed by atoms with Crippen molar-refractivity contribution >= 4 is 17.2 Å². The van der Waals surface area contributed by atoms with Gasteiger partial charge in [0, 0.05) is 64.4 Å². The van der Waals surface area contributed by atoms with Gasteiger partial charge in [0.15, 0.2) is 5.65 Å².